The molecule has 0 bridgehead atoms. The molecule has 0 heterocycles. The van der Waals surface area contributed by atoms with E-state index in [1.54, 1.807) is 12.1 Å². The second-order valence-electron chi connectivity index (χ2n) is 4.46. The Labute approximate surface area is 103 Å². The largest absolute Gasteiger partial charge is 0.573 e. The Morgan fingerprint density at radius 2 is 1.89 bits per heavy atom. The van der Waals surface area contributed by atoms with Gasteiger partial charge in [-0.25, -0.2) is 0 Å². The summed E-state index contributed by atoms with van der Waals surface area (Å²) in [5.74, 6) is 0.388. The average Bonchev–Trinajstić information content (AvgIpc) is 3.09. The summed E-state index contributed by atoms with van der Waals surface area (Å²) >= 11 is 0. The highest BCUT2D eigenvalue weighted by molar-refractivity contribution is 5.52. The normalized spacial score (nSPS) is 17.3. The molecule has 0 N–H and O–H groups in total. The van der Waals surface area contributed by atoms with E-state index in [1.807, 2.05) is 0 Å². The first kappa shape index (κ1) is 12.9. The third-order valence-electron chi connectivity index (χ3n) is 3.08. The van der Waals surface area contributed by atoms with E-state index in [9.17, 15) is 18.0 Å². The second kappa shape index (κ2) is 5.00. The molecular formula is C13H13F3O2. The van der Waals surface area contributed by atoms with Crippen LogP contribution in [-0.4, -0.2) is 12.6 Å². The molecule has 5 heteroatoms. The van der Waals surface area contributed by atoms with Crippen LogP contribution in [0.4, 0.5) is 13.2 Å². The van der Waals surface area contributed by atoms with Crippen LogP contribution < -0.4 is 4.74 Å². The molecule has 18 heavy (non-hydrogen) atoms. The molecule has 0 radical (unpaired) electrons. The van der Waals surface area contributed by atoms with E-state index in [4.69, 9.17) is 0 Å². The minimum absolute atomic E-state index is 0.127. The Morgan fingerprint density at radius 1 is 1.28 bits per heavy atom. The second-order valence-corrected chi connectivity index (χ2v) is 4.46. The third-order valence-corrected chi connectivity index (χ3v) is 3.08. The third kappa shape index (κ3) is 3.48. The molecule has 0 amide bonds. The maximum atomic E-state index is 12.0. The first-order chi connectivity index (χ1) is 8.49. The van der Waals surface area contributed by atoms with Crippen molar-refractivity contribution in [2.45, 2.75) is 31.5 Å². The van der Waals surface area contributed by atoms with Gasteiger partial charge in [0.1, 0.15) is 12.0 Å². The van der Waals surface area contributed by atoms with Crippen LogP contribution in [0.3, 0.4) is 0 Å². The van der Waals surface area contributed by atoms with Gasteiger partial charge in [-0.15, -0.1) is 13.2 Å². The van der Waals surface area contributed by atoms with Gasteiger partial charge in [0.05, 0.1) is 0 Å². The molecule has 1 unspecified atom stereocenters. The minimum atomic E-state index is -4.67. The van der Waals surface area contributed by atoms with Crippen molar-refractivity contribution < 1.29 is 22.7 Å². The van der Waals surface area contributed by atoms with Crippen molar-refractivity contribution in [3.8, 4) is 5.75 Å². The van der Waals surface area contributed by atoms with Gasteiger partial charge >= 0.3 is 6.36 Å². The highest BCUT2D eigenvalue weighted by Crippen LogP contribution is 2.44. The van der Waals surface area contributed by atoms with Crippen molar-refractivity contribution in [1.82, 2.24) is 0 Å². The van der Waals surface area contributed by atoms with Crippen LogP contribution in [0.5, 0.6) is 5.75 Å². The van der Waals surface area contributed by atoms with Gasteiger partial charge in [0.2, 0.25) is 0 Å². The van der Waals surface area contributed by atoms with Gasteiger partial charge in [0, 0.05) is 6.42 Å². The molecule has 1 aromatic rings. The highest BCUT2D eigenvalue weighted by Gasteiger charge is 2.33. The summed E-state index contributed by atoms with van der Waals surface area (Å²) in [6, 6.07) is 5.80. The van der Waals surface area contributed by atoms with Gasteiger partial charge in [-0.3, -0.25) is 0 Å². The van der Waals surface area contributed by atoms with Crippen molar-refractivity contribution >= 4 is 6.29 Å². The van der Waals surface area contributed by atoms with Gasteiger partial charge in [-0.1, -0.05) is 12.1 Å². The molecule has 1 fully saturated rings. The molecule has 0 spiro atoms. The van der Waals surface area contributed by atoms with E-state index in [0.29, 0.717) is 12.3 Å². The number of rotatable bonds is 5. The zero-order valence-corrected chi connectivity index (χ0v) is 9.61. The number of ether oxygens (including phenoxy) is 1. The predicted octanol–water partition coefficient (Wildman–Crippen LogP) is 3.67. The smallest absolute Gasteiger partial charge is 0.406 e. The summed E-state index contributed by atoms with van der Waals surface area (Å²) in [6.07, 6.45) is -1.22. The Balaban J connectivity index is 2.08. The topological polar surface area (TPSA) is 26.3 Å². The van der Waals surface area contributed by atoms with Gasteiger partial charge in [0.25, 0.3) is 0 Å². The summed E-state index contributed by atoms with van der Waals surface area (Å²) < 4.78 is 39.8. The molecule has 1 saturated carbocycles. The van der Waals surface area contributed by atoms with Crippen molar-refractivity contribution in [3.63, 3.8) is 0 Å². The summed E-state index contributed by atoms with van der Waals surface area (Å²) in [6.45, 7) is 0. The monoisotopic (exact) mass is 258 g/mol. The number of benzene rings is 1. The molecule has 1 atom stereocenters. The van der Waals surface area contributed by atoms with Crippen molar-refractivity contribution in [3.05, 3.63) is 29.8 Å². The van der Waals surface area contributed by atoms with Crippen LogP contribution in [0.25, 0.3) is 0 Å². The summed E-state index contributed by atoms with van der Waals surface area (Å²) in [4.78, 5) is 10.6. The van der Waals surface area contributed by atoms with E-state index in [1.165, 1.54) is 12.1 Å². The molecule has 98 valence electrons. The van der Waals surface area contributed by atoms with Crippen LogP contribution in [0.2, 0.25) is 0 Å². The van der Waals surface area contributed by atoms with Crippen LogP contribution >= 0.6 is 0 Å². The molecule has 2 rings (SSSR count). The summed E-state index contributed by atoms with van der Waals surface area (Å²) in [7, 11) is 0. The lowest BCUT2D eigenvalue weighted by atomic mass is 9.91. The zero-order valence-electron chi connectivity index (χ0n) is 9.61. The zero-order chi connectivity index (χ0) is 13.2. The van der Waals surface area contributed by atoms with Crippen molar-refractivity contribution in [2.24, 2.45) is 5.92 Å². The number of alkyl halides is 3. The maximum Gasteiger partial charge on any atom is 0.573 e. The number of hydrogen-bond donors (Lipinski definition) is 0. The van der Waals surface area contributed by atoms with E-state index in [-0.39, 0.29) is 11.7 Å². The lowest BCUT2D eigenvalue weighted by molar-refractivity contribution is -0.274. The highest BCUT2D eigenvalue weighted by atomic mass is 19.4. The van der Waals surface area contributed by atoms with Gasteiger partial charge in [-0.05, 0) is 42.4 Å². The lowest BCUT2D eigenvalue weighted by Crippen LogP contribution is -2.17. The fourth-order valence-electron chi connectivity index (χ4n) is 2.12. The summed E-state index contributed by atoms with van der Waals surface area (Å²) in [5.41, 5.74) is 0.902. The molecule has 2 nitrogen and oxygen atoms in total. The Kier molecular flexibility index (Phi) is 3.59. The van der Waals surface area contributed by atoms with Crippen LogP contribution in [-0.2, 0) is 4.79 Å². The minimum Gasteiger partial charge on any atom is -0.406 e. The van der Waals surface area contributed by atoms with Crippen LogP contribution in [0.1, 0.15) is 30.7 Å². The Bertz CT molecular complexity index is 407. The standard InChI is InChI=1S/C13H13F3O2/c14-13(15,16)18-11-5-3-10(4-6-11)12(7-8-17)9-1-2-9/h3-6,8-9,12H,1-2,7H2. The molecule has 1 aliphatic rings. The summed E-state index contributed by atoms with van der Waals surface area (Å²) in [5, 5.41) is 0. The molecule has 0 aromatic heterocycles. The first-order valence-electron chi connectivity index (χ1n) is 5.79. The fraction of sp³-hybridized carbons (Fsp3) is 0.462. The van der Waals surface area contributed by atoms with E-state index >= 15 is 0 Å². The predicted molar refractivity (Wildman–Crippen MR) is 59.3 cm³/mol. The number of carbonyl (C=O) groups is 1. The first-order valence-corrected chi connectivity index (χ1v) is 5.79. The van der Waals surface area contributed by atoms with Crippen molar-refractivity contribution in [1.29, 1.82) is 0 Å². The van der Waals surface area contributed by atoms with Gasteiger partial charge in [-0.2, -0.15) is 0 Å². The van der Waals surface area contributed by atoms with Gasteiger partial charge in [0.15, 0.2) is 0 Å². The SMILES string of the molecule is O=CCC(c1ccc(OC(F)(F)F)cc1)C1CC1. The number of halogens is 3. The molecule has 0 aliphatic heterocycles. The number of hydrogen-bond acceptors (Lipinski definition) is 2. The maximum absolute atomic E-state index is 12.0. The molecule has 0 saturated heterocycles. The quantitative estimate of drug-likeness (QED) is 0.753. The molecule has 1 aromatic carbocycles. The van der Waals surface area contributed by atoms with Crippen LogP contribution in [0.15, 0.2) is 24.3 Å². The van der Waals surface area contributed by atoms with E-state index in [2.05, 4.69) is 4.74 Å². The van der Waals surface area contributed by atoms with Crippen LogP contribution in [0, 0.1) is 5.92 Å². The van der Waals surface area contributed by atoms with E-state index in [0.717, 1.165) is 24.7 Å². The molecular weight excluding hydrogens is 245 g/mol. The lowest BCUT2D eigenvalue weighted by Gasteiger charge is -2.14. The van der Waals surface area contributed by atoms with Crippen molar-refractivity contribution in [2.75, 3.05) is 0 Å². The Morgan fingerprint density at radius 3 is 2.33 bits per heavy atom. The number of aldehydes is 1. The molecule has 1 aliphatic carbocycles. The number of carbonyl (C=O) groups excluding carboxylic acids is 1. The Hall–Kier alpha value is -1.52. The fourth-order valence-corrected chi connectivity index (χ4v) is 2.12. The van der Waals surface area contributed by atoms with E-state index < -0.39 is 6.36 Å². The van der Waals surface area contributed by atoms with Gasteiger partial charge < -0.3 is 9.53 Å². The average molecular weight is 258 g/mol.